The molecule has 39 heavy (non-hydrogen) atoms. The maximum absolute atomic E-state index is 10.3. The van der Waals surface area contributed by atoms with Gasteiger partial charge in [0.25, 0.3) is 5.97 Å². The molecule has 0 heterocycles. The zero-order chi connectivity index (χ0) is 26.8. The van der Waals surface area contributed by atoms with Crippen molar-refractivity contribution < 1.29 is 383 Å². The third kappa shape index (κ3) is 59.9. The molecule has 0 spiro atoms. The molecule has 4 atom stereocenters. The van der Waals surface area contributed by atoms with Gasteiger partial charge in [-0.05, 0) is 6.92 Å². The minimum absolute atomic E-state index is 0. The molecule has 0 aromatic carbocycles. The first-order chi connectivity index (χ1) is 14.2. The first kappa shape index (κ1) is 75.4. The SMILES string of the molecule is CC(=O)O.CC(O)CO.O=C([O-])C(O)C(O)C(=O)[O-].O=C([O-])CC(O)(CC(=O)O)C(=O)O.[Br-].[I-].[K+].[K+].[K+].[K+].[K+]. The number of carbonyl (C=O) groups is 6. The van der Waals surface area contributed by atoms with Crippen LogP contribution in [-0.4, -0.2) is 107 Å². The number of hydrogen-bond acceptors (Lipinski definition) is 14. The number of aliphatic hydroxyl groups excluding tert-OH is 4. The molecule has 0 saturated carbocycles. The van der Waals surface area contributed by atoms with Crippen molar-refractivity contribution in [1.82, 2.24) is 0 Å². The van der Waals surface area contributed by atoms with Gasteiger partial charge in [-0.3, -0.25) is 9.59 Å². The number of aliphatic hydroxyl groups is 5. The van der Waals surface area contributed by atoms with E-state index in [0.29, 0.717) is 0 Å². The third-order valence-electron chi connectivity index (χ3n) is 2.32. The van der Waals surface area contributed by atoms with Gasteiger partial charge in [0.2, 0.25) is 0 Å². The quantitative estimate of drug-likeness (QED) is 0.0788. The average molecular weight is 878 g/mol. The summed E-state index contributed by atoms with van der Waals surface area (Å²) >= 11 is 0. The van der Waals surface area contributed by atoms with E-state index in [9.17, 15) is 39.3 Å². The Morgan fingerprint density at radius 1 is 0.744 bits per heavy atom. The molecule has 0 rings (SSSR count). The molecule has 0 aliphatic carbocycles. The fourth-order valence-corrected chi connectivity index (χ4v) is 0.960. The Hall–Kier alpha value is 6.01. The standard InChI is InChI=1S/C6H8O7.C4H6O6.C3H8O2.C2H4O2.BrH.HI.5K/c7-3(8)1-6(13,5(11)12)2-4(9)10;5-1(3(7)8)2(6)4(9)10;1-3(5)2-4;1-2(3)4;;;;;;;/h13H,1-2H2,(H,7,8)(H,9,10)(H,11,12);1-2,5-6H,(H,7,8)(H,9,10);3-5H,2H2,1H3;1H3,(H,3,4);2*1H;;;;;/q;;;;;;5*+1/p-5. The number of halogens is 2. The van der Waals surface area contributed by atoms with Gasteiger partial charge in [-0.1, -0.05) is 0 Å². The predicted octanol–water partition coefficient (Wildman–Crippen LogP) is -28.9. The fourth-order valence-electron chi connectivity index (χ4n) is 0.960. The molecule has 0 aromatic heterocycles. The summed E-state index contributed by atoms with van der Waals surface area (Å²) in [6.07, 6.45) is -7.88. The van der Waals surface area contributed by atoms with E-state index in [4.69, 9.17) is 45.6 Å². The summed E-state index contributed by atoms with van der Waals surface area (Å²) in [6.45, 7) is 2.47. The maximum atomic E-state index is 10.3. The minimum atomic E-state index is -2.80. The van der Waals surface area contributed by atoms with E-state index >= 15 is 0 Å². The number of carbonyl (C=O) groups excluding carboxylic acids is 3. The summed E-state index contributed by atoms with van der Waals surface area (Å²) in [5, 5.41) is 94.7. The summed E-state index contributed by atoms with van der Waals surface area (Å²) in [4.78, 5) is 58.6. The van der Waals surface area contributed by atoms with Crippen LogP contribution in [-0.2, 0) is 28.8 Å². The summed E-state index contributed by atoms with van der Waals surface area (Å²) in [6, 6.07) is 0. The van der Waals surface area contributed by atoms with E-state index in [2.05, 4.69) is 0 Å². The van der Waals surface area contributed by atoms with Gasteiger partial charge < -0.3 is 112 Å². The van der Waals surface area contributed by atoms with E-state index in [1.54, 1.807) is 0 Å². The molecular weight excluding hydrogens is 854 g/mol. The summed E-state index contributed by atoms with van der Waals surface area (Å²) in [5.74, 6) is -10.3. The Bertz CT molecular complexity index is 622. The van der Waals surface area contributed by atoms with Gasteiger partial charge in [0.15, 0.2) is 5.60 Å². The second-order valence-corrected chi connectivity index (χ2v) is 5.53. The Morgan fingerprint density at radius 2 is 0.974 bits per heavy atom. The number of rotatable bonds is 9. The molecular formula is C15H23BrIK5O17. The summed E-state index contributed by atoms with van der Waals surface area (Å²) < 4.78 is 0. The van der Waals surface area contributed by atoms with Gasteiger partial charge in [-0.25, -0.2) is 4.79 Å². The molecule has 8 N–H and O–H groups in total. The van der Waals surface area contributed by atoms with E-state index in [0.717, 1.165) is 6.92 Å². The second kappa shape index (κ2) is 46.1. The molecule has 0 saturated heterocycles. The van der Waals surface area contributed by atoms with Crippen LogP contribution in [0.2, 0.25) is 0 Å². The van der Waals surface area contributed by atoms with Crippen molar-refractivity contribution in [2.45, 2.75) is 50.6 Å². The summed E-state index contributed by atoms with van der Waals surface area (Å²) in [7, 11) is 0. The van der Waals surface area contributed by atoms with Gasteiger partial charge in [-0.15, -0.1) is 0 Å². The van der Waals surface area contributed by atoms with E-state index in [1.165, 1.54) is 6.92 Å². The molecule has 17 nitrogen and oxygen atoms in total. The van der Waals surface area contributed by atoms with Crippen molar-refractivity contribution in [2.75, 3.05) is 6.61 Å². The average Bonchev–Trinajstić information content (AvgIpc) is 2.59. The van der Waals surface area contributed by atoms with E-state index < -0.39 is 72.6 Å². The van der Waals surface area contributed by atoms with E-state index in [-0.39, 0.29) is 304 Å². The maximum Gasteiger partial charge on any atom is 1.00 e. The molecule has 0 fully saturated rings. The Kier molecular flexibility index (Phi) is 89.2. The van der Waals surface area contributed by atoms with Crippen LogP contribution in [0.4, 0.5) is 0 Å². The summed E-state index contributed by atoms with van der Waals surface area (Å²) in [5.41, 5.74) is -2.80. The monoisotopic (exact) mass is 876 g/mol. The number of carboxylic acids is 6. The normalized spacial score (nSPS) is 11.5. The molecule has 0 amide bonds. The largest absolute Gasteiger partial charge is 1.00 e. The van der Waals surface area contributed by atoms with Crippen LogP contribution >= 0.6 is 0 Å². The second-order valence-electron chi connectivity index (χ2n) is 5.53. The predicted molar refractivity (Wildman–Crippen MR) is 88.6 cm³/mol. The minimum Gasteiger partial charge on any atom is -1.00 e. The van der Waals surface area contributed by atoms with Crippen LogP contribution in [0.1, 0.15) is 26.7 Å². The molecule has 0 aliphatic heterocycles. The van der Waals surface area contributed by atoms with Crippen LogP contribution in [0.5, 0.6) is 0 Å². The molecule has 24 heteroatoms. The van der Waals surface area contributed by atoms with Crippen molar-refractivity contribution in [1.29, 1.82) is 0 Å². The van der Waals surface area contributed by atoms with Crippen molar-refractivity contribution >= 4 is 35.8 Å². The van der Waals surface area contributed by atoms with Crippen molar-refractivity contribution in [3.8, 4) is 0 Å². The number of aliphatic carboxylic acids is 6. The van der Waals surface area contributed by atoms with Crippen LogP contribution in [0.3, 0.4) is 0 Å². The van der Waals surface area contributed by atoms with Crippen molar-refractivity contribution in [3.05, 3.63) is 0 Å². The molecule has 4 unspecified atom stereocenters. The Labute approximate surface area is 463 Å². The van der Waals surface area contributed by atoms with Gasteiger partial charge in [-0.2, -0.15) is 0 Å². The fraction of sp³-hybridized carbons (Fsp3) is 0.600. The van der Waals surface area contributed by atoms with Crippen molar-refractivity contribution in [3.63, 3.8) is 0 Å². The van der Waals surface area contributed by atoms with Crippen LogP contribution in [0.25, 0.3) is 0 Å². The van der Waals surface area contributed by atoms with Gasteiger partial charge in [0.05, 0.1) is 31.1 Å². The first-order valence-corrected chi connectivity index (χ1v) is 7.88. The molecule has 0 aliphatic rings. The number of hydrogen-bond donors (Lipinski definition) is 8. The number of carboxylic acid groups (broad SMARTS) is 6. The first-order valence-electron chi connectivity index (χ1n) is 7.88. The zero-order valence-electron chi connectivity index (χ0n) is 22.4. The van der Waals surface area contributed by atoms with Gasteiger partial charge in [0, 0.05) is 19.3 Å². The van der Waals surface area contributed by atoms with Crippen LogP contribution in [0.15, 0.2) is 0 Å². The van der Waals surface area contributed by atoms with Crippen LogP contribution < -0.4 is 313 Å². The van der Waals surface area contributed by atoms with Gasteiger partial charge in [0.1, 0.15) is 12.2 Å². The Morgan fingerprint density at radius 3 is 1.08 bits per heavy atom. The third-order valence-corrected chi connectivity index (χ3v) is 2.32. The molecule has 204 valence electrons. The molecule has 0 aromatic rings. The van der Waals surface area contributed by atoms with Crippen molar-refractivity contribution in [2.24, 2.45) is 0 Å². The Balaban J connectivity index is -0.0000000303. The molecule has 0 bridgehead atoms. The smallest absolute Gasteiger partial charge is 1.00 e. The van der Waals surface area contributed by atoms with E-state index in [1.807, 2.05) is 0 Å². The van der Waals surface area contributed by atoms with Crippen LogP contribution in [0, 0.1) is 0 Å². The molecule has 0 radical (unpaired) electrons. The van der Waals surface area contributed by atoms with Gasteiger partial charge >= 0.3 is 269 Å². The topological polar surface area (TPSA) is 333 Å². The zero-order valence-corrected chi connectivity index (χ0v) is 41.7.